The summed E-state index contributed by atoms with van der Waals surface area (Å²) >= 11 is 0. The highest BCUT2D eigenvalue weighted by Crippen LogP contribution is 2.43. The van der Waals surface area contributed by atoms with Gasteiger partial charge in [0.2, 0.25) is 0 Å². The fraction of sp³-hybridized carbons (Fsp3) is 0.353. The molecule has 0 radical (unpaired) electrons. The van der Waals surface area contributed by atoms with Crippen LogP contribution in [0.1, 0.15) is 52.8 Å². The van der Waals surface area contributed by atoms with E-state index in [0.717, 1.165) is 12.8 Å². The monoisotopic (exact) mass is 299 g/mol. The number of hydrogen-bond donors (Lipinski definition) is 0. The number of benzene rings is 1. The third kappa shape index (κ3) is 2.13. The van der Waals surface area contributed by atoms with Crippen molar-refractivity contribution in [3.05, 3.63) is 48.0 Å². The molecule has 22 heavy (non-hydrogen) atoms. The molecule has 114 valence electrons. The molecule has 0 unspecified atom stereocenters. The summed E-state index contributed by atoms with van der Waals surface area (Å²) in [5.74, 6) is -1.68. The Morgan fingerprint density at radius 3 is 2.23 bits per heavy atom. The zero-order valence-corrected chi connectivity index (χ0v) is 12.2. The Morgan fingerprint density at radius 2 is 1.73 bits per heavy atom. The first-order chi connectivity index (χ1) is 10.6. The number of imide groups is 1. The van der Waals surface area contributed by atoms with Gasteiger partial charge in [-0.2, -0.15) is 0 Å². The summed E-state index contributed by atoms with van der Waals surface area (Å²) in [6.07, 6.45) is 5.45. The molecule has 1 aliphatic carbocycles. The Kier molecular flexibility index (Phi) is 3.56. The van der Waals surface area contributed by atoms with Crippen molar-refractivity contribution in [1.82, 2.24) is 5.06 Å². The summed E-state index contributed by atoms with van der Waals surface area (Å²) < 4.78 is 0. The molecule has 0 aromatic heterocycles. The average molecular weight is 299 g/mol. The van der Waals surface area contributed by atoms with E-state index in [1.165, 1.54) is 0 Å². The number of nitrogens with zero attached hydrogens (tertiary/aromatic N) is 1. The lowest BCUT2D eigenvalue weighted by Crippen LogP contribution is -2.39. The third-order valence-electron chi connectivity index (χ3n) is 4.46. The summed E-state index contributed by atoms with van der Waals surface area (Å²) in [7, 11) is 0. The number of hydroxylamine groups is 2. The van der Waals surface area contributed by atoms with Gasteiger partial charge in [-0.25, -0.2) is 4.79 Å². The lowest BCUT2D eigenvalue weighted by Gasteiger charge is -2.26. The van der Waals surface area contributed by atoms with Crippen LogP contribution in [0.5, 0.6) is 0 Å². The second-order valence-electron chi connectivity index (χ2n) is 5.81. The molecule has 2 amide bonds. The van der Waals surface area contributed by atoms with Gasteiger partial charge in [-0.1, -0.05) is 36.1 Å². The van der Waals surface area contributed by atoms with Crippen molar-refractivity contribution in [2.75, 3.05) is 0 Å². The van der Waals surface area contributed by atoms with Gasteiger partial charge in [0.1, 0.15) is 0 Å². The molecule has 0 atom stereocenters. The molecule has 1 saturated carbocycles. The zero-order valence-electron chi connectivity index (χ0n) is 12.2. The van der Waals surface area contributed by atoms with Crippen LogP contribution in [0.3, 0.4) is 0 Å². The molecule has 5 nitrogen and oxygen atoms in total. The van der Waals surface area contributed by atoms with Gasteiger partial charge >= 0.3 is 5.97 Å². The van der Waals surface area contributed by atoms with Crippen LogP contribution in [0.2, 0.25) is 0 Å². The minimum atomic E-state index is -0.656. The first-order valence-electron chi connectivity index (χ1n) is 7.40. The van der Waals surface area contributed by atoms with Crippen molar-refractivity contribution in [3.63, 3.8) is 0 Å². The van der Waals surface area contributed by atoms with Gasteiger partial charge in [0.15, 0.2) is 0 Å². The number of amides is 2. The predicted octanol–water partition coefficient (Wildman–Crippen LogP) is 2.88. The van der Waals surface area contributed by atoms with Gasteiger partial charge in [-0.3, -0.25) is 9.59 Å². The molecule has 0 spiro atoms. The van der Waals surface area contributed by atoms with Crippen LogP contribution in [-0.4, -0.2) is 22.8 Å². The number of fused-ring (bicyclic) bond motifs is 1. The molecular formula is C17H17NO4. The first kappa shape index (κ1) is 14.5. The van der Waals surface area contributed by atoms with Crippen molar-refractivity contribution in [2.45, 2.75) is 32.1 Å². The number of allylic oxidation sites excluding steroid dienone is 1. The van der Waals surface area contributed by atoms with E-state index >= 15 is 0 Å². The maximum atomic E-state index is 12.5. The molecule has 1 fully saturated rings. The Balaban J connectivity index is 1.82. The van der Waals surface area contributed by atoms with Crippen molar-refractivity contribution in [2.24, 2.45) is 5.41 Å². The SMILES string of the molecule is C=CCC1(C(=O)ON2C(=O)c3ccccc3C2=O)CCCC1. The lowest BCUT2D eigenvalue weighted by molar-refractivity contribution is -0.181. The van der Waals surface area contributed by atoms with Crippen molar-refractivity contribution in [3.8, 4) is 0 Å². The second-order valence-corrected chi connectivity index (χ2v) is 5.81. The van der Waals surface area contributed by atoms with Gasteiger partial charge in [0.05, 0.1) is 16.5 Å². The number of rotatable bonds is 4. The summed E-state index contributed by atoms with van der Waals surface area (Å²) in [5.41, 5.74) is -0.120. The Morgan fingerprint density at radius 1 is 1.18 bits per heavy atom. The van der Waals surface area contributed by atoms with Crippen LogP contribution >= 0.6 is 0 Å². The highest BCUT2D eigenvalue weighted by atomic mass is 16.7. The maximum absolute atomic E-state index is 12.5. The van der Waals surface area contributed by atoms with Crippen molar-refractivity contribution < 1.29 is 19.2 Å². The van der Waals surface area contributed by atoms with Crippen molar-refractivity contribution in [1.29, 1.82) is 0 Å². The smallest absolute Gasteiger partial charge is 0.329 e. The normalized spacial score (nSPS) is 19.2. The molecule has 1 aliphatic heterocycles. The van der Waals surface area contributed by atoms with E-state index in [-0.39, 0.29) is 11.1 Å². The van der Waals surface area contributed by atoms with Crippen molar-refractivity contribution >= 4 is 17.8 Å². The molecule has 3 rings (SSSR count). The Bertz CT molecular complexity index is 623. The number of carbonyl (C=O) groups excluding carboxylic acids is 3. The summed E-state index contributed by atoms with van der Waals surface area (Å²) in [6.45, 7) is 3.69. The zero-order chi connectivity index (χ0) is 15.7. The van der Waals surface area contributed by atoms with E-state index in [0.29, 0.717) is 24.3 Å². The van der Waals surface area contributed by atoms with E-state index in [4.69, 9.17) is 4.84 Å². The van der Waals surface area contributed by atoms with Crippen LogP contribution in [0.15, 0.2) is 36.9 Å². The molecule has 5 heteroatoms. The molecule has 1 aromatic carbocycles. The highest BCUT2D eigenvalue weighted by Gasteiger charge is 2.46. The average Bonchev–Trinajstić information content (AvgIpc) is 3.09. The van der Waals surface area contributed by atoms with Gasteiger partial charge < -0.3 is 4.84 Å². The fourth-order valence-corrected chi connectivity index (χ4v) is 3.25. The van der Waals surface area contributed by atoms with E-state index in [9.17, 15) is 14.4 Å². The van der Waals surface area contributed by atoms with E-state index in [2.05, 4.69) is 6.58 Å². The molecule has 2 aliphatic rings. The van der Waals surface area contributed by atoms with Gasteiger partial charge in [0, 0.05) is 0 Å². The van der Waals surface area contributed by atoms with Crippen LogP contribution in [0.25, 0.3) is 0 Å². The molecular weight excluding hydrogens is 282 g/mol. The number of hydrogen-bond acceptors (Lipinski definition) is 4. The third-order valence-corrected chi connectivity index (χ3v) is 4.46. The highest BCUT2D eigenvalue weighted by molar-refractivity contribution is 6.20. The van der Waals surface area contributed by atoms with E-state index in [1.54, 1.807) is 30.3 Å². The lowest BCUT2D eigenvalue weighted by atomic mass is 9.83. The molecule has 1 aromatic rings. The maximum Gasteiger partial charge on any atom is 0.339 e. The standard InChI is InChI=1S/C17H17NO4/c1-2-9-17(10-5-6-11-17)16(21)22-18-14(19)12-7-3-4-8-13(12)15(18)20/h2-4,7-8H,1,5-6,9-11H2. The van der Waals surface area contributed by atoms with Crippen LogP contribution in [-0.2, 0) is 9.63 Å². The van der Waals surface area contributed by atoms with Gasteiger partial charge in [0.25, 0.3) is 11.8 Å². The van der Waals surface area contributed by atoms with Crippen LogP contribution in [0, 0.1) is 5.41 Å². The first-order valence-corrected chi connectivity index (χ1v) is 7.40. The van der Waals surface area contributed by atoms with E-state index in [1.807, 2.05) is 0 Å². The van der Waals surface area contributed by atoms with Crippen LogP contribution in [0.4, 0.5) is 0 Å². The molecule has 0 N–H and O–H groups in total. The van der Waals surface area contributed by atoms with Crippen LogP contribution < -0.4 is 0 Å². The molecule has 0 bridgehead atoms. The van der Waals surface area contributed by atoms with Gasteiger partial charge in [-0.15, -0.1) is 6.58 Å². The number of carbonyl (C=O) groups is 3. The Labute approximate surface area is 128 Å². The largest absolute Gasteiger partial charge is 0.339 e. The Hall–Kier alpha value is -2.43. The van der Waals surface area contributed by atoms with Gasteiger partial charge in [-0.05, 0) is 31.4 Å². The minimum Gasteiger partial charge on any atom is -0.329 e. The summed E-state index contributed by atoms with van der Waals surface area (Å²) in [4.78, 5) is 42.2. The second kappa shape index (κ2) is 5.40. The molecule has 1 heterocycles. The summed E-state index contributed by atoms with van der Waals surface area (Å²) in [5, 5.41) is 0.593. The molecule has 0 saturated heterocycles. The summed E-state index contributed by atoms with van der Waals surface area (Å²) in [6, 6.07) is 6.45. The quantitative estimate of drug-likeness (QED) is 0.633. The predicted molar refractivity (Wildman–Crippen MR) is 78.7 cm³/mol. The fourth-order valence-electron chi connectivity index (χ4n) is 3.25. The minimum absolute atomic E-state index is 0.268. The van der Waals surface area contributed by atoms with E-state index < -0.39 is 23.2 Å². The topological polar surface area (TPSA) is 63.7 Å².